The highest BCUT2D eigenvalue weighted by Gasteiger charge is 2.20. The average molecular weight is 288 g/mol. The molecule has 0 aromatic carbocycles. The van der Waals surface area contributed by atoms with Gasteiger partial charge >= 0.3 is 12.0 Å². The van der Waals surface area contributed by atoms with Gasteiger partial charge in [0, 0.05) is 12.5 Å². The van der Waals surface area contributed by atoms with Gasteiger partial charge < -0.3 is 26.8 Å². The van der Waals surface area contributed by atoms with Gasteiger partial charge in [-0.1, -0.05) is 0 Å². The lowest BCUT2D eigenvalue weighted by Crippen LogP contribution is -2.49. The van der Waals surface area contributed by atoms with Crippen molar-refractivity contribution in [1.29, 1.82) is 0 Å². The first-order valence-electron chi connectivity index (χ1n) is 6.07. The van der Waals surface area contributed by atoms with Crippen molar-refractivity contribution >= 4 is 23.8 Å². The molecule has 114 valence electrons. The van der Waals surface area contributed by atoms with Crippen LogP contribution in [-0.2, 0) is 14.4 Å². The Morgan fingerprint density at radius 2 is 1.75 bits per heavy atom. The van der Waals surface area contributed by atoms with Crippen LogP contribution in [-0.4, -0.2) is 47.5 Å². The van der Waals surface area contributed by atoms with E-state index in [0.29, 0.717) is 0 Å². The summed E-state index contributed by atoms with van der Waals surface area (Å²) in [5, 5.41) is 15.8. The van der Waals surface area contributed by atoms with E-state index in [1.807, 2.05) is 0 Å². The van der Waals surface area contributed by atoms with E-state index >= 15 is 0 Å². The zero-order chi connectivity index (χ0) is 15.7. The number of carboxylic acids is 1. The Kier molecular flexibility index (Phi) is 7.71. The third-order valence-electron chi connectivity index (χ3n) is 2.14. The predicted octanol–water partition coefficient (Wildman–Crippen LogP) is -1.47. The first-order chi connectivity index (χ1) is 9.22. The van der Waals surface area contributed by atoms with Crippen molar-refractivity contribution < 1.29 is 24.3 Å². The third kappa shape index (κ3) is 8.72. The summed E-state index contributed by atoms with van der Waals surface area (Å²) in [6, 6.07) is -2.11. The summed E-state index contributed by atoms with van der Waals surface area (Å²) in [5.41, 5.74) is 4.90. The second-order valence-electron chi connectivity index (χ2n) is 4.45. The Morgan fingerprint density at radius 1 is 1.15 bits per heavy atom. The smallest absolute Gasteiger partial charge is 0.326 e. The van der Waals surface area contributed by atoms with Crippen LogP contribution in [0, 0.1) is 0 Å². The highest BCUT2D eigenvalue weighted by Crippen LogP contribution is 1.97. The molecule has 0 heterocycles. The minimum atomic E-state index is -1.28. The Morgan fingerprint density at radius 3 is 2.20 bits per heavy atom. The topological polar surface area (TPSA) is 151 Å². The molecule has 9 heteroatoms. The van der Waals surface area contributed by atoms with E-state index in [1.54, 1.807) is 13.8 Å². The third-order valence-corrected chi connectivity index (χ3v) is 2.14. The maximum atomic E-state index is 11.4. The lowest BCUT2D eigenvalue weighted by molar-refractivity contribution is -0.139. The molecule has 0 aliphatic heterocycles. The number of carboxylic acid groups (broad SMARTS) is 1. The molecule has 9 nitrogen and oxygen atoms in total. The van der Waals surface area contributed by atoms with Gasteiger partial charge in [-0.3, -0.25) is 9.59 Å². The summed E-state index contributed by atoms with van der Waals surface area (Å²) in [7, 11) is 0. The van der Waals surface area contributed by atoms with Crippen molar-refractivity contribution in [2.75, 3.05) is 6.54 Å². The van der Waals surface area contributed by atoms with Gasteiger partial charge in [0.25, 0.3) is 0 Å². The van der Waals surface area contributed by atoms with Crippen molar-refractivity contribution in [2.24, 2.45) is 5.73 Å². The van der Waals surface area contributed by atoms with Gasteiger partial charge in [0.05, 0.1) is 6.54 Å². The molecule has 0 rings (SSSR count). The van der Waals surface area contributed by atoms with Gasteiger partial charge in [0.15, 0.2) is 0 Å². The standard InChI is InChI=1S/C11H20N4O5/c1-6(2)14-9(17)5-13-11(20)15-7(10(18)19)3-4-8(12)16/h6-7H,3-5H2,1-2H3,(H2,12,16)(H,14,17)(H,18,19)(H2,13,15,20)/t7-/m0/s1. The number of carbonyl (C=O) groups excluding carboxylic acids is 3. The lowest BCUT2D eigenvalue weighted by atomic mass is 10.1. The number of primary amides is 1. The summed E-state index contributed by atoms with van der Waals surface area (Å²) in [4.78, 5) is 44.1. The molecule has 0 aliphatic rings. The average Bonchev–Trinajstić information content (AvgIpc) is 2.30. The zero-order valence-corrected chi connectivity index (χ0v) is 11.4. The molecule has 0 aliphatic carbocycles. The largest absolute Gasteiger partial charge is 0.480 e. The number of nitrogens with one attached hydrogen (secondary N) is 3. The van der Waals surface area contributed by atoms with Crippen LogP contribution in [0.4, 0.5) is 4.79 Å². The van der Waals surface area contributed by atoms with Gasteiger partial charge in [-0.15, -0.1) is 0 Å². The summed E-state index contributed by atoms with van der Waals surface area (Å²) in [5.74, 6) is -2.33. The van der Waals surface area contributed by atoms with Gasteiger partial charge in [-0.25, -0.2) is 9.59 Å². The lowest BCUT2D eigenvalue weighted by Gasteiger charge is -2.14. The zero-order valence-electron chi connectivity index (χ0n) is 11.4. The van der Waals surface area contributed by atoms with Crippen LogP contribution < -0.4 is 21.7 Å². The molecule has 4 amide bonds. The molecule has 0 aromatic heterocycles. The highest BCUT2D eigenvalue weighted by atomic mass is 16.4. The maximum absolute atomic E-state index is 11.4. The van der Waals surface area contributed by atoms with Gasteiger partial charge in [-0.2, -0.15) is 0 Å². The van der Waals surface area contributed by atoms with Crippen LogP contribution in [0.15, 0.2) is 0 Å². The van der Waals surface area contributed by atoms with Crippen molar-refractivity contribution in [3.8, 4) is 0 Å². The number of rotatable bonds is 8. The quantitative estimate of drug-likeness (QED) is 0.369. The van der Waals surface area contributed by atoms with Crippen molar-refractivity contribution in [1.82, 2.24) is 16.0 Å². The van der Waals surface area contributed by atoms with Gasteiger partial charge in [0.1, 0.15) is 6.04 Å². The van der Waals surface area contributed by atoms with Crippen molar-refractivity contribution in [3.63, 3.8) is 0 Å². The SMILES string of the molecule is CC(C)NC(=O)CNC(=O)N[C@@H](CCC(N)=O)C(=O)O. The molecule has 6 N–H and O–H groups in total. The minimum absolute atomic E-state index is 0.0605. The predicted molar refractivity (Wildman–Crippen MR) is 69.7 cm³/mol. The first kappa shape index (κ1) is 17.7. The monoisotopic (exact) mass is 288 g/mol. The van der Waals surface area contributed by atoms with Crippen LogP contribution in [0.3, 0.4) is 0 Å². The number of amides is 4. The van der Waals surface area contributed by atoms with E-state index < -0.39 is 23.9 Å². The minimum Gasteiger partial charge on any atom is -0.480 e. The van der Waals surface area contributed by atoms with E-state index in [2.05, 4.69) is 16.0 Å². The molecule has 20 heavy (non-hydrogen) atoms. The normalized spacial score (nSPS) is 11.6. The van der Waals surface area contributed by atoms with Crippen LogP contribution in [0.25, 0.3) is 0 Å². The first-order valence-corrected chi connectivity index (χ1v) is 6.07. The second-order valence-corrected chi connectivity index (χ2v) is 4.45. The Bertz CT molecular complexity index is 383. The fourth-order valence-corrected chi connectivity index (χ4v) is 1.29. The summed E-state index contributed by atoms with van der Waals surface area (Å²) in [6.07, 6.45) is -0.276. The molecule has 0 radical (unpaired) electrons. The van der Waals surface area contributed by atoms with E-state index in [1.165, 1.54) is 0 Å². The van der Waals surface area contributed by atoms with Crippen molar-refractivity contribution in [3.05, 3.63) is 0 Å². The summed E-state index contributed by atoms with van der Waals surface area (Å²) in [6.45, 7) is 3.26. The number of hydrogen-bond acceptors (Lipinski definition) is 4. The molecule has 0 saturated carbocycles. The van der Waals surface area contributed by atoms with Crippen LogP contribution >= 0.6 is 0 Å². The van der Waals surface area contributed by atoms with E-state index in [0.717, 1.165) is 0 Å². The maximum Gasteiger partial charge on any atom is 0.326 e. The fourth-order valence-electron chi connectivity index (χ4n) is 1.29. The molecular weight excluding hydrogens is 268 g/mol. The van der Waals surface area contributed by atoms with Crippen LogP contribution in [0.1, 0.15) is 26.7 Å². The second kappa shape index (κ2) is 8.73. The molecule has 0 fully saturated rings. The molecular formula is C11H20N4O5. The Balaban J connectivity index is 4.16. The highest BCUT2D eigenvalue weighted by molar-refractivity contribution is 5.87. The molecule has 0 saturated heterocycles. The Labute approximate surface area is 116 Å². The molecule has 0 aromatic rings. The summed E-state index contributed by atoms with van der Waals surface area (Å²) < 4.78 is 0. The van der Waals surface area contributed by atoms with Gasteiger partial charge in [0.2, 0.25) is 11.8 Å². The Hall–Kier alpha value is -2.32. The number of hydrogen-bond donors (Lipinski definition) is 5. The molecule has 0 bridgehead atoms. The van der Waals surface area contributed by atoms with E-state index in [4.69, 9.17) is 10.8 Å². The number of carbonyl (C=O) groups is 4. The van der Waals surface area contributed by atoms with Crippen molar-refractivity contribution in [2.45, 2.75) is 38.8 Å². The molecule has 0 spiro atoms. The van der Waals surface area contributed by atoms with E-state index in [-0.39, 0.29) is 31.3 Å². The van der Waals surface area contributed by atoms with Gasteiger partial charge in [-0.05, 0) is 20.3 Å². The number of aliphatic carboxylic acids is 1. The van der Waals surface area contributed by atoms with E-state index in [9.17, 15) is 19.2 Å². The van der Waals surface area contributed by atoms with Crippen LogP contribution in [0.5, 0.6) is 0 Å². The number of nitrogens with two attached hydrogens (primary N) is 1. The fraction of sp³-hybridized carbons (Fsp3) is 0.636. The summed E-state index contributed by atoms with van der Waals surface area (Å²) >= 11 is 0. The molecule has 1 atom stereocenters. The number of urea groups is 1. The molecule has 0 unspecified atom stereocenters. The van der Waals surface area contributed by atoms with Crippen LogP contribution in [0.2, 0.25) is 0 Å².